The summed E-state index contributed by atoms with van der Waals surface area (Å²) in [5.74, 6) is -0.141. The molecule has 0 aliphatic rings. The maximum absolute atomic E-state index is 11.1. The van der Waals surface area contributed by atoms with E-state index in [2.05, 4.69) is 17.3 Å². The Morgan fingerprint density at radius 2 is 1.87 bits per heavy atom. The Bertz CT molecular complexity index is 221. The minimum atomic E-state index is -0.267. The number of halogens is 1. The van der Waals surface area contributed by atoms with Crippen molar-refractivity contribution in [3.8, 4) is 0 Å². The third-order valence-corrected chi connectivity index (χ3v) is 1.64. The molecule has 2 N–H and O–H groups in total. The molecule has 0 fully saturated rings. The van der Waals surface area contributed by atoms with Gasteiger partial charge in [0.15, 0.2) is 0 Å². The molecule has 0 atom stereocenters. The lowest BCUT2D eigenvalue weighted by Gasteiger charge is -2.31. The Balaban J connectivity index is 0. The SMILES string of the molecule is C=CC(=O)NC(C)(C)CN[N+](C)(C)C.Cl. The molecule has 0 aliphatic heterocycles. The topological polar surface area (TPSA) is 41.1 Å². The van der Waals surface area contributed by atoms with E-state index >= 15 is 0 Å². The van der Waals surface area contributed by atoms with Crippen LogP contribution in [0.1, 0.15) is 13.8 Å². The fourth-order valence-electron chi connectivity index (χ4n) is 0.864. The summed E-state index contributed by atoms with van der Waals surface area (Å²) in [6.07, 6.45) is 1.29. The predicted octanol–water partition coefficient (Wildman–Crippen LogP) is 0.700. The molecule has 0 saturated carbocycles. The van der Waals surface area contributed by atoms with E-state index in [9.17, 15) is 4.79 Å². The molecule has 0 saturated heterocycles. The van der Waals surface area contributed by atoms with Crippen molar-refractivity contribution in [2.24, 2.45) is 0 Å². The average molecular weight is 237 g/mol. The molecule has 0 aromatic carbocycles. The van der Waals surface area contributed by atoms with Crippen LogP contribution in [-0.2, 0) is 4.79 Å². The largest absolute Gasteiger partial charge is 0.346 e. The zero-order chi connectivity index (χ0) is 11.4. The summed E-state index contributed by atoms with van der Waals surface area (Å²) >= 11 is 0. The van der Waals surface area contributed by atoms with Crippen LogP contribution in [-0.4, -0.2) is 43.7 Å². The molecular weight excluding hydrogens is 214 g/mol. The Hall–Kier alpha value is -0.580. The lowest BCUT2D eigenvalue weighted by molar-refractivity contribution is -0.915. The molecule has 0 aromatic heterocycles. The van der Waals surface area contributed by atoms with Crippen molar-refractivity contribution in [3.63, 3.8) is 0 Å². The highest BCUT2D eigenvalue weighted by molar-refractivity contribution is 5.87. The van der Waals surface area contributed by atoms with E-state index in [4.69, 9.17) is 0 Å². The third-order valence-electron chi connectivity index (χ3n) is 1.64. The van der Waals surface area contributed by atoms with Crippen LogP contribution in [0.5, 0.6) is 0 Å². The summed E-state index contributed by atoms with van der Waals surface area (Å²) in [6.45, 7) is 8.06. The van der Waals surface area contributed by atoms with Crippen molar-refractivity contribution in [2.75, 3.05) is 27.7 Å². The highest BCUT2D eigenvalue weighted by atomic mass is 35.5. The highest BCUT2D eigenvalue weighted by Crippen LogP contribution is 2.00. The van der Waals surface area contributed by atoms with Gasteiger partial charge in [-0.05, 0) is 19.9 Å². The van der Waals surface area contributed by atoms with Gasteiger partial charge in [0.2, 0.25) is 5.91 Å². The Morgan fingerprint density at radius 1 is 1.40 bits per heavy atom. The van der Waals surface area contributed by atoms with Crippen LogP contribution in [0.4, 0.5) is 0 Å². The number of rotatable bonds is 5. The molecule has 1 amide bonds. The van der Waals surface area contributed by atoms with Crippen molar-refractivity contribution in [2.45, 2.75) is 19.4 Å². The summed E-state index contributed by atoms with van der Waals surface area (Å²) in [6, 6.07) is 0. The monoisotopic (exact) mass is 236 g/mol. The van der Waals surface area contributed by atoms with Gasteiger partial charge in [-0.25, -0.2) is 0 Å². The number of quaternary nitrogens is 1. The van der Waals surface area contributed by atoms with E-state index in [1.54, 1.807) is 0 Å². The van der Waals surface area contributed by atoms with Gasteiger partial charge in [-0.2, -0.15) is 5.43 Å². The Kier molecular flexibility index (Phi) is 6.85. The summed E-state index contributed by atoms with van der Waals surface area (Å²) in [5, 5.41) is 2.85. The molecule has 0 rings (SSSR count). The van der Waals surface area contributed by atoms with Gasteiger partial charge in [-0.3, -0.25) is 9.39 Å². The van der Waals surface area contributed by atoms with Crippen molar-refractivity contribution in [1.82, 2.24) is 10.7 Å². The third kappa shape index (κ3) is 9.72. The number of hydrogen-bond acceptors (Lipinski definition) is 2. The first-order chi connectivity index (χ1) is 6.16. The summed E-state index contributed by atoms with van der Waals surface area (Å²) in [7, 11) is 6.10. The molecule has 5 heteroatoms. The molecule has 0 radical (unpaired) electrons. The first kappa shape index (κ1) is 16.8. The fourth-order valence-corrected chi connectivity index (χ4v) is 0.864. The lowest BCUT2D eigenvalue weighted by atomic mass is 10.1. The first-order valence-corrected chi connectivity index (χ1v) is 4.67. The van der Waals surface area contributed by atoms with Gasteiger partial charge in [0.05, 0.1) is 33.2 Å². The van der Waals surface area contributed by atoms with E-state index in [0.717, 1.165) is 0 Å². The molecule has 0 spiro atoms. The van der Waals surface area contributed by atoms with Crippen LogP contribution in [0.15, 0.2) is 12.7 Å². The Labute approximate surface area is 98.7 Å². The van der Waals surface area contributed by atoms with Crippen LogP contribution in [0.3, 0.4) is 0 Å². The van der Waals surface area contributed by atoms with Gasteiger partial charge in [0.25, 0.3) is 0 Å². The van der Waals surface area contributed by atoms with Crippen molar-refractivity contribution in [3.05, 3.63) is 12.7 Å². The molecule has 15 heavy (non-hydrogen) atoms. The highest BCUT2D eigenvalue weighted by Gasteiger charge is 2.21. The fraction of sp³-hybridized carbons (Fsp3) is 0.700. The van der Waals surface area contributed by atoms with Crippen molar-refractivity contribution < 1.29 is 9.39 Å². The molecule has 0 heterocycles. The second-order valence-electron chi connectivity index (χ2n) is 4.92. The smallest absolute Gasteiger partial charge is 0.243 e. The van der Waals surface area contributed by atoms with E-state index in [0.29, 0.717) is 11.1 Å². The first-order valence-electron chi connectivity index (χ1n) is 4.67. The van der Waals surface area contributed by atoms with Crippen LogP contribution < -0.4 is 10.7 Å². The van der Waals surface area contributed by atoms with Gasteiger partial charge in [-0.1, -0.05) is 6.58 Å². The number of carbonyl (C=O) groups excluding carboxylic acids is 1. The van der Waals surface area contributed by atoms with Gasteiger partial charge in [-0.15, -0.1) is 12.4 Å². The van der Waals surface area contributed by atoms with Gasteiger partial charge in [0.1, 0.15) is 0 Å². The van der Waals surface area contributed by atoms with Crippen LogP contribution in [0, 0.1) is 0 Å². The standard InChI is InChI=1S/C10H21N3O.ClH/c1-7-9(14)12-10(2,3)8-11-13(4,5)6;/h7,11H,1,8H2,2-6H3;1H/p+1. The maximum Gasteiger partial charge on any atom is 0.243 e. The lowest BCUT2D eigenvalue weighted by Crippen LogP contribution is -2.57. The van der Waals surface area contributed by atoms with Crippen LogP contribution in [0.25, 0.3) is 0 Å². The van der Waals surface area contributed by atoms with Crippen molar-refractivity contribution >= 4 is 18.3 Å². The number of hydrogen-bond donors (Lipinski definition) is 2. The van der Waals surface area contributed by atoms with E-state index in [1.807, 2.05) is 35.0 Å². The molecule has 90 valence electrons. The zero-order valence-electron chi connectivity index (χ0n) is 10.3. The zero-order valence-corrected chi connectivity index (χ0v) is 11.1. The molecule has 4 nitrogen and oxygen atoms in total. The van der Waals surface area contributed by atoms with Crippen LogP contribution >= 0.6 is 12.4 Å². The van der Waals surface area contributed by atoms with Crippen LogP contribution in [0.2, 0.25) is 0 Å². The number of amides is 1. The normalized spacial score (nSPS) is 11.5. The minimum Gasteiger partial charge on any atom is -0.346 e. The quantitative estimate of drug-likeness (QED) is 0.419. The maximum atomic E-state index is 11.1. The summed E-state index contributed by atoms with van der Waals surface area (Å²) in [4.78, 5) is 11.1. The number of nitrogens with one attached hydrogen (secondary N) is 2. The second kappa shape index (κ2) is 6.10. The minimum absolute atomic E-state index is 0. The predicted molar refractivity (Wildman–Crippen MR) is 65.7 cm³/mol. The van der Waals surface area contributed by atoms with E-state index in [-0.39, 0.29) is 23.9 Å². The average Bonchev–Trinajstić information content (AvgIpc) is 1.99. The molecule has 0 aromatic rings. The number of nitrogens with zero attached hydrogens (tertiary/aromatic N) is 1. The van der Waals surface area contributed by atoms with E-state index in [1.165, 1.54) is 6.08 Å². The molecule has 0 unspecified atom stereocenters. The number of carbonyl (C=O) groups is 1. The van der Waals surface area contributed by atoms with E-state index < -0.39 is 0 Å². The summed E-state index contributed by atoms with van der Waals surface area (Å²) in [5.41, 5.74) is 3.01. The molecule has 0 bridgehead atoms. The Morgan fingerprint density at radius 3 is 2.20 bits per heavy atom. The summed E-state index contributed by atoms with van der Waals surface area (Å²) < 4.78 is 0.660. The molecule has 0 aliphatic carbocycles. The second-order valence-corrected chi connectivity index (χ2v) is 4.92. The molecular formula is C10H23ClN3O+. The van der Waals surface area contributed by atoms with Crippen molar-refractivity contribution in [1.29, 1.82) is 0 Å². The van der Waals surface area contributed by atoms with Gasteiger partial charge in [0, 0.05) is 0 Å². The van der Waals surface area contributed by atoms with Gasteiger partial charge < -0.3 is 5.32 Å². The van der Waals surface area contributed by atoms with Gasteiger partial charge >= 0.3 is 0 Å².